The molecule has 152 valence electrons. The van der Waals surface area contributed by atoms with Gasteiger partial charge in [0.05, 0.1) is 12.2 Å². The molecule has 0 bridgehead atoms. The number of hydrogen-bond donors (Lipinski definition) is 1. The number of aromatic nitrogens is 2. The van der Waals surface area contributed by atoms with Crippen LogP contribution in [0.1, 0.15) is 50.8 Å². The van der Waals surface area contributed by atoms with Crippen molar-refractivity contribution < 1.29 is 9.59 Å². The van der Waals surface area contributed by atoms with E-state index in [0.29, 0.717) is 12.4 Å². The van der Waals surface area contributed by atoms with Gasteiger partial charge in [0, 0.05) is 25.1 Å². The molecular formula is C21H29ClN4O2. The molecule has 7 heteroatoms. The second kappa shape index (κ2) is 9.24. The van der Waals surface area contributed by atoms with Crippen molar-refractivity contribution in [3.05, 3.63) is 47.7 Å². The van der Waals surface area contributed by atoms with E-state index in [2.05, 4.69) is 31.2 Å². The van der Waals surface area contributed by atoms with Crippen LogP contribution in [-0.2, 0) is 22.1 Å². The Morgan fingerprint density at radius 3 is 2.43 bits per heavy atom. The maximum Gasteiger partial charge on any atom is 0.245 e. The Morgan fingerprint density at radius 1 is 1.25 bits per heavy atom. The summed E-state index contributed by atoms with van der Waals surface area (Å²) in [6.45, 7) is 8.55. The zero-order valence-corrected chi connectivity index (χ0v) is 18.0. The van der Waals surface area contributed by atoms with Gasteiger partial charge in [0.2, 0.25) is 11.8 Å². The van der Waals surface area contributed by atoms with Gasteiger partial charge >= 0.3 is 0 Å². The van der Waals surface area contributed by atoms with Gasteiger partial charge in [-0.2, -0.15) is 5.10 Å². The van der Waals surface area contributed by atoms with E-state index in [1.165, 1.54) is 4.90 Å². The summed E-state index contributed by atoms with van der Waals surface area (Å²) in [5, 5.41) is 6.49. The highest BCUT2D eigenvalue weighted by Gasteiger charge is 2.26. The Morgan fingerprint density at radius 2 is 1.89 bits per heavy atom. The van der Waals surface area contributed by atoms with E-state index in [-0.39, 0.29) is 23.8 Å². The molecule has 1 heterocycles. The molecule has 0 radical (unpaired) electrons. The largest absolute Gasteiger partial charge is 0.332 e. The molecule has 1 N–H and O–H groups in total. The van der Waals surface area contributed by atoms with Crippen LogP contribution in [0.3, 0.4) is 0 Å². The van der Waals surface area contributed by atoms with Crippen molar-refractivity contribution in [2.75, 3.05) is 18.4 Å². The molecule has 0 saturated heterocycles. The zero-order valence-electron chi connectivity index (χ0n) is 17.2. The number of nitrogens with one attached hydrogen (secondary N) is 1. The van der Waals surface area contributed by atoms with Gasteiger partial charge in [-0.15, -0.1) is 11.6 Å². The molecule has 0 aliphatic heterocycles. The Bertz CT molecular complexity index is 812. The zero-order chi connectivity index (χ0) is 20.9. The third-order valence-electron chi connectivity index (χ3n) is 4.36. The highest BCUT2D eigenvalue weighted by atomic mass is 35.5. The van der Waals surface area contributed by atoms with Crippen molar-refractivity contribution in [1.82, 2.24) is 14.7 Å². The molecule has 0 unspecified atom stereocenters. The van der Waals surface area contributed by atoms with Crippen LogP contribution in [0.2, 0.25) is 0 Å². The summed E-state index contributed by atoms with van der Waals surface area (Å²) in [5.41, 5.74) is 1.49. The first-order valence-electron chi connectivity index (χ1n) is 9.45. The van der Waals surface area contributed by atoms with Crippen molar-refractivity contribution >= 4 is 29.2 Å². The summed E-state index contributed by atoms with van der Waals surface area (Å²) in [6, 6.07) is 11.0. The molecule has 1 aromatic carbocycles. The van der Waals surface area contributed by atoms with Gasteiger partial charge in [0.15, 0.2) is 0 Å². The van der Waals surface area contributed by atoms with Crippen molar-refractivity contribution in [3.8, 4) is 0 Å². The molecule has 0 saturated carbocycles. The summed E-state index contributed by atoms with van der Waals surface area (Å²) < 4.78 is 1.64. The fourth-order valence-electron chi connectivity index (χ4n) is 2.77. The molecule has 6 nitrogen and oxygen atoms in total. The van der Waals surface area contributed by atoms with Gasteiger partial charge in [-0.05, 0) is 12.0 Å². The minimum Gasteiger partial charge on any atom is -0.332 e. The van der Waals surface area contributed by atoms with Gasteiger partial charge in [-0.3, -0.25) is 14.3 Å². The lowest BCUT2D eigenvalue weighted by Crippen LogP contribution is -2.40. The lowest BCUT2D eigenvalue weighted by Gasteiger charge is -2.24. The number of amides is 2. The Kier molecular flexibility index (Phi) is 7.24. The predicted molar refractivity (Wildman–Crippen MR) is 112 cm³/mol. The molecule has 1 aromatic heterocycles. The minimum atomic E-state index is -0.815. The number of anilines is 1. The summed E-state index contributed by atoms with van der Waals surface area (Å²) in [7, 11) is 1.78. The summed E-state index contributed by atoms with van der Waals surface area (Å²) >= 11 is 6.37. The second-order valence-corrected chi connectivity index (χ2v) is 8.31. The lowest BCUT2D eigenvalue weighted by atomic mass is 9.92. The Hall–Kier alpha value is -2.34. The highest BCUT2D eigenvalue weighted by Crippen LogP contribution is 2.24. The molecule has 2 amide bonds. The van der Waals surface area contributed by atoms with Gasteiger partial charge in [-0.25, -0.2) is 0 Å². The number of alkyl halides is 1. The number of nitrogens with zero attached hydrogens (tertiary/aromatic N) is 3. The second-order valence-electron chi connectivity index (χ2n) is 7.87. The average Bonchev–Trinajstić information content (AvgIpc) is 3.01. The highest BCUT2D eigenvalue weighted by molar-refractivity contribution is 6.30. The average molecular weight is 405 g/mol. The summed E-state index contributed by atoms with van der Waals surface area (Å²) in [4.78, 5) is 26.9. The van der Waals surface area contributed by atoms with Crippen molar-refractivity contribution in [3.63, 3.8) is 0 Å². The number of aryl methyl sites for hydroxylation is 1. The molecule has 0 spiro atoms. The first-order chi connectivity index (χ1) is 13.1. The van der Waals surface area contributed by atoms with E-state index in [1.54, 1.807) is 11.7 Å². The van der Waals surface area contributed by atoms with Crippen molar-refractivity contribution in [2.45, 2.75) is 44.9 Å². The third kappa shape index (κ3) is 5.58. The molecule has 1 atom stereocenters. The molecule has 0 fully saturated rings. The summed E-state index contributed by atoms with van der Waals surface area (Å²) in [6.07, 6.45) is 0.733. The predicted octanol–water partition coefficient (Wildman–Crippen LogP) is 3.87. The van der Waals surface area contributed by atoms with Crippen LogP contribution in [0.4, 0.5) is 5.82 Å². The van der Waals surface area contributed by atoms with Crippen LogP contribution >= 0.6 is 11.6 Å². The molecule has 2 aromatic rings. The van der Waals surface area contributed by atoms with E-state index in [1.807, 2.05) is 43.3 Å². The van der Waals surface area contributed by atoms with Crippen LogP contribution in [0.25, 0.3) is 0 Å². The normalized spacial score (nSPS) is 12.5. The monoisotopic (exact) mass is 404 g/mol. The standard InChI is InChI=1S/C21H29ClN4O2/c1-6-12-26(20(28)19(22)15-10-8-7-9-11-15)14-18(27)23-17-13-16(21(2,3)4)24-25(17)5/h7-11,13,19H,6,12,14H2,1-5H3,(H,23,27)/t19-/m1/s1. The van der Waals surface area contributed by atoms with Crippen molar-refractivity contribution in [2.24, 2.45) is 7.05 Å². The number of carbonyl (C=O) groups excluding carboxylic acids is 2. The van der Waals surface area contributed by atoms with Crippen LogP contribution in [0.15, 0.2) is 36.4 Å². The first kappa shape index (κ1) is 22.0. The first-order valence-corrected chi connectivity index (χ1v) is 9.89. The van der Waals surface area contributed by atoms with Crippen LogP contribution in [0, 0.1) is 0 Å². The van der Waals surface area contributed by atoms with E-state index >= 15 is 0 Å². The third-order valence-corrected chi connectivity index (χ3v) is 4.80. The maximum absolute atomic E-state index is 12.8. The topological polar surface area (TPSA) is 67.2 Å². The molecule has 2 rings (SSSR count). The quantitative estimate of drug-likeness (QED) is 0.712. The van der Waals surface area contributed by atoms with E-state index in [0.717, 1.165) is 17.7 Å². The Labute approximate surface area is 171 Å². The molecule has 0 aliphatic rings. The van der Waals surface area contributed by atoms with Gasteiger partial charge in [-0.1, -0.05) is 58.0 Å². The number of rotatable bonds is 7. The Balaban J connectivity index is 2.08. The maximum atomic E-state index is 12.8. The number of hydrogen-bond acceptors (Lipinski definition) is 3. The number of halogens is 1. The van der Waals surface area contributed by atoms with Gasteiger partial charge in [0.25, 0.3) is 0 Å². The molecule has 0 aliphatic carbocycles. The van der Waals surface area contributed by atoms with E-state index < -0.39 is 5.38 Å². The van der Waals surface area contributed by atoms with E-state index in [4.69, 9.17) is 11.6 Å². The number of carbonyl (C=O) groups is 2. The fraction of sp³-hybridized carbons (Fsp3) is 0.476. The summed E-state index contributed by atoms with van der Waals surface area (Å²) in [5.74, 6) is 0.0525. The SMILES string of the molecule is CCCN(CC(=O)Nc1cc(C(C)(C)C)nn1C)C(=O)[C@H](Cl)c1ccccc1. The number of benzene rings is 1. The minimum absolute atomic E-state index is 0.0568. The smallest absolute Gasteiger partial charge is 0.245 e. The van der Waals surface area contributed by atoms with Crippen LogP contribution in [0.5, 0.6) is 0 Å². The lowest BCUT2D eigenvalue weighted by molar-refractivity contribution is -0.134. The van der Waals surface area contributed by atoms with Crippen LogP contribution < -0.4 is 5.32 Å². The fourth-order valence-corrected chi connectivity index (χ4v) is 3.05. The molecule has 28 heavy (non-hydrogen) atoms. The van der Waals surface area contributed by atoms with Gasteiger partial charge < -0.3 is 10.2 Å². The van der Waals surface area contributed by atoms with Crippen LogP contribution in [-0.4, -0.2) is 39.6 Å². The molecular weight excluding hydrogens is 376 g/mol. The van der Waals surface area contributed by atoms with E-state index in [9.17, 15) is 9.59 Å². The van der Waals surface area contributed by atoms with Gasteiger partial charge in [0.1, 0.15) is 11.2 Å². The van der Waals surface area contributed by atoms with Crippen molar-refractivity contribution in [1.29, 1.82) is 0 Å².